The summed E-state index contributed by atoms with van der Waals surface area (Å²) < 4.78 is 0. The summed E-state index contributed by atoms with van der Waals surface area (Å²) in [5.41, 5.74) is 1.26. The van der Waals surface area contributed by atoms with Crippen LogP contribution in [-0.2, 0) is 11.2 Å². The zero-order valence-electron chi connectivity index (χ0n) is 10.1. The lowest BCUT2D eigenvalue weighted by Gasteiger charge is -2.06. The summed E-state index contributed by atoms with van der Waals surface area (Å²) in [5, 5.41) is 11.3. The number of carbonyl (C=O) groups excluding carboxylic acids is 1. The number of aryl methyl sites for hydroxylation is 1. The summed E-state index contributed by atoms with van der Waals surface area (Å²) in [5.74, 6) is -0.0869. The fraction of sp³-hybridized carbons (Fsp3) is 0.429. The molecular weight excluding hydrogens is 212 g/mol. The molecule has 1 rings (SSSR count). The third-order valence-corrected chi connectivity index (χ3v) is 2.54. The molecule has 0 saturated carbocycles. The van der Waals surface area contributed by atoms with Gasteiger partial charge < -0.3 is 5.32 Å². The highest BCUT2D eigenvalue weighted by Crippen LogP contribution is 2.04. The molecule has 0 saturated heterocycles. The standard InChI is InChI=1S/C14H18N2O/c1-12(10-15)11-16-14(17)9-5-8-13-6-3-2-4-7-13/h2-4,6-7,12H,5,8-9,11H2,1H3,(H,16,17). The van der Waals surface area contributed by atoms with E-state index in [1.165, 1.54) is 5.56 Å². The van der Waals surface area contributed by atoms with Crippen LogP contribution >= 0.6 is 0 Å². The molecule has 1 aromatic rings. The molecule has 3 heteroatoms. The Balaban J connectivity index is 2.15. The molecule has 3 nitrogen and oxygen atoms in total. The fourth-order valence-electron chi connectivity index (χ4n) is 1.50. The first-order valence-electron chi connectivity index (χ1n) is 5.92. The van der Waals surface area contributed by atoms with Crippen molar-refractivity contribution in [3.05, 3.63) is 35.9 Å². The number of amides is 1. The molecular formula is C14H18N2O. The Morgan fingerprint density at radius 3 is 2.76 bits per heavy atom. The quantitative estimate of drug-likeness (QED) is 0.815. The molecule has 1 aromatic carbocycles. The van der Waals surface area contributed by atoms with E-state index in [1.807, 2.05) is 18.2 Å². The molecule has 0 heterocycles. The van der Waals surface area contributed by atoms with E-state index in [-0.39, 0.29) is 11.8 Å². The topological polar surface area (TPSA) is 52.9 Å². The van der Waals surface area contributed by atoms with Gasteiger partial charge >= 0.3 is 0 Å². The van der Waals surface area contributed by atoms with Gasteiger partial charge in [0.2, 0.25) is 5.91 Å². The molecule has 1 amide bonds. The van der Waals surface area contributed by atoms with Gasteiger partial charge in [0.25, 0.3) is 0 Å². The Morgan fingerprint density at radius 2 is 2.12 bits per heavy atom. The van der Waals surface area contributed by atoms with Crippen molar-refractivity contribution in [3.63, 3.8) is 0 Å². The maximum atomic E-state index is 11.4. The molecule has 0 fully saturated rings. The predicted octanol–water partition coefficient (Wildman–Crippen LogP) is 2.29. The lowest BCUT2D eigenvalue weighted by atomic mass is 10.1. The Hall–Kier alpha value is -1.82. The third kappa shape index (κ3) is 5.72. The molecule has 0 aromatic heterocycles. The molecule has 1 atom stereocenters. The Morgan fingerprint density at radius 1 is 1.41 bits per heavy atom. The minimum atomic E-state index is -0.118. The maximum absolute atomic E-state index is 11.4. The van der Waals surface area contributed by atoms with E-state index in [0.29, 0.717) is 13.0 Å². The van der Waals surface area contributed by atoms with Crippen LogP contribution in [0.2, 0.25) is 0 Å². The predicted molar refractivity (Wildman–Crippen MR) is 67.2 cm³/mol. The third-order valence-electron chi connectivity index (χ3n) is 2.54. The van der Waals surface area contributed by atoms with Crippen LogP contribution in [0.1, 0.15) is 25.3 Å². The van der Waals surface area contributed by atoms with Crippen LogP contribution in [0.15, 0.2) is 30.3 Å². The number of nitrogens with one attached hydrogen (secondary N) is 1. The van der Waals surface area contributed by atoms with E-state index in [9.17, 15) is 4.79 Å². The second kappa shape index (κ2) is 7.45. The zero-order valence-corrected chi connectivity index (χ0v) is 10.1. The fourth-order valence-corrected chi connectivity index (χ4v) is 1.50. The van der Waals surface area contributed by atoms with E-state index in [2.05, 4.69) is 23.5 Å². The van der Waals surface area contributed by atoms with Gasteiger partial charge in [-0.05, 0) is 25.3 Å². The molecule has 0 spiro atoms. The highest BCUT2D eigenvalue weighted by atomic mass is 16.1. The molecule has 0 radical (unpaired) electrons. The van der Waals surface area contributed by atoms with Crippen molar-refractivity contribution in [1.29, 1.82) is 5.26 Å². The van der Waals surface area contributed by atoms with Crippen molar-refractivity contribution in [2.45, 2.75) is 26.2 Å². The van der Waals surface area contributed by atoms with E-state index in [1.54, 1.807) is 6.92 Å². The molecule has 90 valence electrons. The largest absolute Gasteiger partial charge is 0.355 e. The summed E-state index contributed by atoms with van der Waals surface area (Å²) in [4.78, 5) is 11.4. The molecule has 0 aliphatic heterocycles. The second-order valence-electron chi connectivity index (χ2n) is 4.17. The molecule has 1 N–H and O–H groups in total. The van der Waals surface area contributed by atoms with Crippen LogP contribution in [0.25, 0.3) is 0 Å². The highest BCUT2D eigenvalue weighted by Gasteiger charge is 2.04. The number of nitrogens with zero attached hydrogens (tertiary/aromatic N) is 1. The zero-order chi connectivity index (χ0) is 12.5. The number of rotatable bonds is 6. The second-order valence-corrected chi connectivity index (χ2v) is 4.17. The number of hydrogen-bond acceptors (Lipinski definition) is 2. The van der Waals surface area contributed by atoms with Gasteiger partial charge in [-0.3, -0.25) is 4.79 Å². The van der Waals surface area contributed by atoms with Gasteiger partial charge in [-0.25, -0.2) is 0 Å². The van der Waals surface area contributed by atoms with Crippen LogP contribution in [0.3, 0.4) is 0 Å². The average Bonchev–Trinajstić information content (AvgIpc) is 2.37. The van der Waals surface area contributed by atoms with E-state index in [4.69, 9.17) is 5.26 Å². The van der Waals surface area contributed by atoms with Gasteiger partial charge in [0, 0.05) is 13.0 Å². The van der Waals surface area contributed by atoms with Crippen molar-refractivity contribution in [2.24, 2.45) is 5.92 Å². The molecule has 17 heavy (non-hydrogen) atoms. The van der Waals surface area contributed by atoms with Gasteiger partial charge in [-0.15, -0.1) is 0 Å². The lowest BCUT2D eigenvalue weighted by Crippen LogP contribution is -2.27. The maximum Gasteiger partial charge on any atom is 0.220 e. The van der Waals surface area contributed by atoms with E-state index >= 15 is 0 Å². The van der Waals surface area contributed by atoms with E-state index < -0.39 is 0 Å². The van der Waals surface area contributed by atoms with Crippen molar-refractivity contribution >= 4 is 5.91 Å². The van der Waals surface area contributed by atoms with Crippen molar-refractivity contribution in [1.82, 2.24) is 5.32 Å². The SMILES string of the molecule is CC(C#N)CNC(=O)CCCc1ccccc1. The normalized spacial score (nSPS) is 11.5. The van der Waals surface area contributed by atoms with Gasteiger partial charge in [0.1, 0.15) is 0 Å². The minimum Gasteiger partial charge on any atom is -0.355 e. The summed E-state index contributed by atoms with van der Waals surface area (Å²) >= 11 is 0. The number of hydrogen-bond donors (Lipinski definition) is 1. The Bertz CT molecular complexity index is 381. The Labute approximate surface area is 102 Å². The highest BCUT2D eigenvalue weighted by molar-refractivity contribution is 5.75. The Kier molecular flexibility index (Phi) is 5.81. The summed E-state index contributed by atoms with van der Waals surface area (Å²) in [6.07, 6.45) is 2.28. The number of carbonyl (C=O) groups is 1. The van der Waals surface area contributed by atoms with Crippen LogP contribution in [-0.4, -0.2) is 12.5 Å². The van der Waals surface area contributed by atoms with Crippen LogP contribution in [0.5, 0.6) is 0 Å². The van der Waals surface area contributed by atoms with Crippen LogP contribution in [0, 0.1) is 17.2 Å². The molecule has 0 aliphatic rings. The molecule has 1 unspecified atom stereocenters. The molecule has 0 bridgehead atoms. The summed E-state index contributed by atoms with van der Waals surface area (Å²) in [6.45, 7) is 2.24. The van der Waals surface area contributed by atoms with Crippen molar-refractivity contribution < 1.29 is 4.79 Å². The van der Waals surface area contributed by atoms with Gasteiger partial charge in [-0.1, -0.05) is 30.3 Å². The summed E-state index contributed by atoms with van der Waals surface area (Å²) in [7, 11) is 0. The lowest BCUT2D eigenvalue weighted by molar-refractivity contribution is -0.121. The first kappa shape index (κ1) is 13.2. The first-order valence-corrected chi connectivity index (χ1v) is 5.92. The first-order chi connectivity index (χ1) is 8.22. The van der Waals surface area contributed by atoms with Crippen molar-refractivity contribution in [3.8, 4) is 6.07 Å². The average molecular weight is 230 g/mol. The van der Waals surface area contributed by atoms with Crippen molar-refractivity contribution in [2.75, 3.05) is 6.54 Å². The van der Waals surface area contributed by atoms with Gasteiger partial charge in [-0.2, -0.15) is 5.26 Å². The number of nitriles is 1. The van der Waals surface area contributed by atoms with Crippen LogP contribution in [0.4, 0.5) is 0 Å². The molecule has 0 aliphatic carbocycles. The minimum absolute atomic E-state index is 0.0306. The van der Waals surface area contributed by atoms with Gasteiger partial charge in [0.05, 0.1) is 12.0 Å². The monoisotopic (exact) mass is 230 g/mol. The number of benzene rings is 1. The van der Waals surface area contributed by atoms with Crippen LogP contribution < -0.4 is 5.32 Å². The smallest absolute Gasteiger partial charge is 0.220 e. The van der Waals surface area contributed by atoms with E-state index in [0.717, 1.165) is 12.8 Å². The summed E-state index contributed by atoms with van der Waals surface area (Å²) in [6, 6.07) is 12.2. The van der Waals surface area contributed by atoms with Gasteiger partial charge in [0.15, 0.2) is 0 Å².